The van der Waals surface area contributed by atoms with Crippen LogP contribution in [-0.4, -0.2) is 48.3 Å². The largest absolute Gasteiger partial charge is 0.494 e. The van der Waals surface area contributed by atoms with Gasteiger partial charge in [-0.05, 0) is 51.9 Å². The summed E-state index contributed by atoms with van der Waals surface area (Å²) in [5.41, 5.74) is 0.420. The first-order valence-electron chi connectivity index (χ1n) is 8.03. The third-order valence-corrected chi connectivity index (χ3v) is 3.15. The average molecular weight is 323 g/mol. The molecule has 0 aliphatic rings. The van der Waals surface area contributed by atoms with Crippen molar-refractivity contribution in [1.29, 1.82) is 0 Å². The lowest BCUT2D eigenvalue weighted by Crippen LogP contribution is -2.28. The monoisotopic (exact) mass is 323 g/mol. The molecular weight excluding hydrogens is 294 g/mol. The molecule has 0 aliphatic carbocycles. The van der Waals surface area contributed by atoms with Crippen LogP contribution in [0.3, 0.4) is 0 Å². The van der Waals surface area contributed by atoms with Crippen molar-refractivity contribution in [3.05, 3.63) is 29.8 Å². The smallest absolute Gasteiger partial charge is 0.307 e. The first-order chi connectivity index (χ1) is 10.8. The standard InChI is InChI=1S/C18H29NO4/c1-18(2,3)23-17(21)9-11-19(4)10-6-12-22-16-8-5-7-15(13-16)14-20/h5,7-8,13,20H,6,9-12,14H2,1-4H3. The summed E-state index contributed by atoms with van der Waals surface area (Å²) in [5, 5.41) is 9.08. The van der Waals surface area contributed by atoms with Crippen molar-refractivity contribution < 1.29 is 19.4 Å². The van der Waals surface area contributed by atoms with Crippen molar-refractivity contribution in [2.75, 3.05) is 26.7 Å². The van der Waals surface area contributed by atoms with Crippen LogP contribution in [0.25, 0.3) is 0 Å². The predicted molar refractivity (Wildman–Crippen MR) is 90.4 cm³/mol. The molecule has 1 rings (SSSR count). The molecule has 1 N–H and O–H groups in total. The predicted octanol–water partition coefficient (Wildman–Crippen LogP) is 2.61. The summed E-state index contributed by atoms with van der Waals surface area (Å²) in [4.78, 5) is 13.7. The average Bonchev–Trinajstić information content (AvgIpc) is 2.48. The lowest BCUT2D eigenvalue weighted by Gasteiger charge is -2.21. The van der Waals surface area contributed by atoms with Crippen molar-refractivity contribution in [3.63, 3.8) is 0 Å². The Morgan fingerprint density at radius 2 is 2.00 bits per heavy atom. The fraction of sp³-hybridized carbons (Fsp3) is 0.611. The van der Waals surface area contributed by atoms with E-state index >= 15 is 0 Å². The van der Waals surface area contributed by atoms with E-state index in [-0.39, 0.29) is 12.6 Å². The highest BCUT2D eigenvalue weighted by Crippen LogP contribution is 2.13. The van der Waals surface area contributed by atoms with Crippen molar-refractivity contribution in [3.8, 4) is 5.75 Å². The number of aliphatic hydroxyl groups is 1. The van der Waals surface area contributed by atoms with Crippen LogP contribution < -0.4 is 4.74 Å². The highest BCUT2D eigenvalue weighted by Gasteiger charge is 2.16. The summed E-state index contributed by atoms with van der Waals surface area (Å²) in [6.07, 6.45) is 1.27. The third kappa shape index (κ3) is 9.21. The molecule has 0 spiro atoms. The molecule has 0 aromatic heterocycles. The van der Waals surface area contributed by atoms with E-state index in [9.17, 15) is 4.79 Å². The highest BCUT2D eigenvalue weighted by atomic mass is 16.6. The van der Waals surface area contributed by atoms with Gasteiger partial charge in [0.1, 0.15) is 11.4 Å². The number of hydrogen-bond acceptors (Lipinski definition) is 5. The Morgan fingerprint density at radius 3 is 2.65 bits per heavy atom. The van der Waals surface area contributed by atoms with Crippen LogP contribution in [0.2, 0.25) is 0 Å². The number of carbonyl (C=O) groups is 1. The number of carbonyl (C=O) groups excluding carboxylic acids is 1. The fourth-order valence-electron chi connectivity index (χ4n) is 2.04. The van der Waals surface area contributed by atoms with Crippen LogP contribution in [-0.2, 0) is 16.1 Å². The Morgan fingerprint density at radius 1 is 1.26 bits per heavy atom. The number of esters is 1. The molecule has 0 amide bonds. The molecule has 23 heavy (non-hydrogen) atoms. The maximum Gasteiger partial charge on any atom is 0.307 e. The summed E-state index contributed by atoms with van der Waals surface area (Å²) >= 11 is 0. The van der Waals surface area contributed by atoms with E-state index in [4.69, 9.17) is 14.6 Å². The lowest BCUT2D eigenvalue weighted by atomic mass is 10.2. The van der Waals surface area contributed by atoms with Crippen LogP contribution in [0, 0.1) is 0 Å². The molecule has 0 saturated heterocycles. The molecule has 130 valence electrons. The van der Waals surface area contributed by atoms with Gasteiger partial charge in [0.05, 0.1) is 19.6 Å². The molecule has 5 nitrogen and oxygen atoms in total. The van der Waals surface area contributed by atoms with Crippen molar-refractivity contribution in [1.82, 2.24) is 4.90 Å². The van der Waals surface area contributed by atoms with Gasteiger partial charge in [0, 0.05) is 13.1 Å². The van der Waals surface area contributed by atoms with E-state index < -0.39 is 5.60 Å². The van der Waals surface area contributed by atoms with Gasteiger partial charge in [-0.3, -0.25) is 4.79 Å². The Balaban J connectivity index is 2.16. The van der Waals surface area contributed by atoms with Gasteiger partial charge in [-0.25, -0.2) is 0 Å². The van der Waals surface area contributed by atoms with Crippen LogP contribution in [0.15, 0.2) is 24.3 Å². The van der Waals surface area contributed by atoms with Gasteiger partial charge in [-0.2, -0.15) is 0 Å². The number of rotatable bonds is 9. The van der Waals surface area contributed by atoms with Gasteiger partial charge in [0.15, 0.2) is 0 Å². The first kappa shape index (κ1) is 19.5. The second-order valence-electron chi connectivity index (χ2n) is 6.65. The third-order valence-electron chi connectivity index (χ3n) is 3.15. The first-order valence-corrected chi connectivity index (χ1v) is 8.03. The summed E-state index contributed by atoms with van der Waals surface area (Å²) in [7, 11) is 1.98. The zero-order chi connectivity index (χ0) is 17.3. The van der Waals surface area contributed by atoms with Crippen LogP contribution in [0.4, 0.5) is 0 Å². The zero-order valence-electron chi connectivity index (χ0n) is 14.7. The van der Waals surface area contributed by atoms with Crippen molar-refractivity contribution >= 4 is 5.97 Å². The van der Waals surface area contributed by atoms with Gasteiger partial charge in [-0.1, -0.05) is 12.1 Å². The van der Waals surface area contributed by atoms with E-state index in [1.807, 2.05) is 52.1 Å². The summed E-state index contributed by atoms with van der Waals surface area (Å²) in [6, 6.07) is 7.45. The zero-order valence-corrected chi connectivity index (χ0v) is 14.7. The minimum Gasteiger partial charge on any atom is -0.494 e. The van der Waals surface area contributed by atoms with Gasteiger partial charge in [0.25, 0.3) is 0 Å². The number of benzene rings is 1. The number of hydrogen-bond donors (Lipinski definition) is 1. The van der Waals surface area contributed by atoms with Gasteiger partial charge in [-0.15, -0.1) is 0 Å². The number of nitrogens with zero attached hydrogens (tertiary/aromatic N) is 1. The van der Waals surface area contributed by atoms with Crippen molar-refractivity contribution in [2.24, 2.45) is 0 Å². The van der Waals surface area contributed by atoms with E-state index in [0.29, 0.717) is 19.6 Å². The Kier molecular flexibility index (Phi) is 8.06. The molecule has 0 radical (unpaired) electrons. The summed E-state index contributed by atoms with van der Waals surface area (Å²) in [6.45, 7) is 7.76. The van der Waals surface area contributed by atoms with Gasteiger partial charge >= 0.3 is 5.97 Å². The molecule has 0 aliphatic heterocycles. The molecule has 1 aromatic carbocycles. The normalized spacial score (nSPS) is 11.6. The maximum atomic E-state index is 11.6. The summed E-state index contributed by atoms with van der Waals surface area (Å²) in [5.74, 6) is 0.606. The Hall–Kier alpha value is -1.59. The molecule has 1 aromatic rings. The second kappa shape index (κ2) is 9.53. The summed E-state index contributed by atoms with van der Waals surface area (Å²) < 4.78 is 10.9. The van der Waals surface area contributed by atoms with E-state index in [0.717, 1.165) is 24.3 Å². The quantitative estimate of drug-likeness (QED) is 0.559. The molecule has 0 atom stereocenters. The highest BCUT2D eigenvalue weighted by molar-refractivity contribution is 5.70. The number of ether oxygens (including phenoxy) is 2. The topological polar surface area (TPSA) is 59.0 Å². The van der Waals surface area contributed by atoms with Gasteiger partial charge in [0.2, 0.25) is 0 Å². The van der Waals surface area contributed by atoms with Crippen LogP contribution in [0.5, 0.6) is 5.75 Å². The fourth-order valence-corrected chi connectivity index (χ4v) is 2.04. The van der Waals surface area contributed by atoms with Crippen LogP contribution in [0.1, 0.15) is 39.2 Å². The SMILES string of the molecule is CN(CCCOc1cccc(CO)c1)CCC(=O)OC(C)(C)C. The lowest BCUT2D eigenvalue weighted by molar-refractivity contribution is -0.155. The molecule has 5 heteroatoms. The molecule has 0 bridgehead atoms. The Labute approximate surface area is 139 Å². The maximum absolute atomic E-state index is 11.6. The molecule has 0 fully saturated rings. The Bertz CT molecular complexity index is 482. The van der Waals surface area contributed by atoms with E-state index in [2.05, 4.69) is 4.90 Å². The van der Waals surface area contributed by atoms with E-state index in [1.54, 1.807) is 0 Å². The van der Waals surface area contributed by atoms with E-state index in [1.165, 1.54) is 0 Å². The number of aliphatic hydroxyl groups excluding tert-OH is 1. The van der Waals surface area contributed by atoms with Crippen molar-refractivity contribution in [2.45, 2.75) is 45.8 Å². The second-order valence-corrected chi connectivity index (χ2v) is 6.65. The van der Waals surface area contributed by atoms with Crippen LogP contribution >= 0.6 is 0 Å². The molecule has 0 heterocycles. The molecule has 0 saturated carbocycles. The molecule has 0 unspecified atom stereocenters. The minimum absolute atomic E-state index is 0.0185. The molecular formula is C18H29NO4. The van der Waals surface area contributed by atoms with Gasteiger partial charge < -0.3 is 19.5 Å². The minimum atomic E-state index is -0.424.